The summed E-state index contributed by atoms with van der Waals surface area (Å²) in [5.74, 6) is -1.41. The molecule has 1 aromatic rings. The van der Waals surface area contributed by atoms with Crippen LogP contribution in [0.15, 0.2) is 17.7 Å². The van der Waals surface area contributed by atoms with Crippen molar-refractivity contribution in [3.05, 3.63) is 34.9 Å². The van der Waals surface area contributed by atoms with Gasteiger partial charge in [0.05, 0.1) is 6.61 Å². The number of halogens is 2. The SMILES string of the molecule is CC(C)CCOc1c(F)cc(F)cc1C=C(C#N)C#N. The topological polar surface area (TPSA) is 56.8 Å². The number of benzene rings is 1. The summed E-state index contributed by atoms with van der Waals surface area (Å²) in [6, 6.07) is 5.02. The van der Waals surface area contributed by atoms with E-state index in [-0.39, 0.29) is 23.5 Å². The third-order valence-electron chi connectivity index (χ3n) is 2.52. The van der Waals surface area contributed by atoms with Crippen LogP contribution in [0, 0.1) is 40.2 Å². The second-order valence-electron chi connectivity index (χ2n) is 4.62. The van der Waals surface area contributed by atoms with Gasteiger partial charge in [-0.05, 0) is 24.5 Å². The van der Waals surface area contributed by atoms with E-state index < -0.39 is 11.6 Å². The lowest BCUT2D eigenvalue weighted by Crippen LogP contribution is -2.04. The zero-order chi connectivity index (χ0) is 15.1. The van der Waals surface area contributed by atoms with E-state index in [0.29, 0.717) is 18.4 Å². The van der Waals surface area contributed by atoms with E-state index in [0.717, 1.165) is 12.1 Å². The second-order valence-corrected chi connectivity index (χ2v) is 4.62. The number of hydrogen-bond acceptors (Lipinski definition) is 3. The normalized spacial score (nSPS) is 9.75. The quantitative estimate of drug-likeness (QED) is 0.768. The van der Waals surface area contributed by atoms with Gasteiger partial charge in [0.15, 0.2) is 11.6 Å². The van der Waals surface area contributed by atoms with E-state index in [4.69, 9.17) is 15.3 Å². The van der Waals surface area contributed by atoms with E-state index in [1.807, 2.05) is 13.8 Å². The highest BCUT2D eigenvalue weighted by Gasteiger charge is 2.12. The van der Waals surface area contributed by atoms with Crippen molar-refractivity contribution in [2.75, 3.05) is 6.61 Å². The predicted molar refractivity (Wildman–Crippen MR) is 70.5 cm³/mol. The van der Waals surface area contributed by atoms with Crippen molar-refractivity contribution in [3.63, 3.8) is 0 Å². The first-order valence-corrected chi connectivity index (χ1v) is 6.11. The summed E-state index contributed by atoms with van der Waals surface area (Å²) in [5, 5.41) is 17.4. The summed E-state index contributed by atoms with van der Waals surface area (Å²) in [6.45, 7) is 4.26. The molecule has 0 atom stereocenters. The van der Waals surface area contributed by atoms with Crippen molar-refractivity contribution in [1.29, 1.82) is 10.5 Å². The maximum atomic E-state index is 13.7. The van der Waals surface area contributed by atoms with Crippen LogP contribution in [0.25, 0.3) is 6.08 Å². The maximum Gasteiger partial charge on any atom is 0.168 e. The highest BCUT2D eigenvalue weighted by molar-refractivity contribution is 5.66. The number of rotatable bonds is 5. The van der Waals surface area contributed by atoms with E-state index in [2.05, 4.69) is 0 Å². The zero-order valence-corrected chi connectivity index (χ0v) is 11.3. The number of hydrogen-bond donors (Lipinski definition) is 0. The van der Waals surface area contributed by atoms with Gasteiger partial charge < -0.3 is 4.74 Å². The first-order chi connectivity index (χ1) is 9.47. The number of ether oxygens (including phenoxy) is 1. The Kier molecular flexibility index (Phi) is 5.68. The average Bonchev–Trinajstić information content (AvgIpc) is 2.38. The van der Waals surface area contributed by atoms with E-state index >= 15 is 0 Å². The lowest BCUT2D eigenvalue weighted by molar-refractivity contribution is 0.275. The Bertz CT molecular complexity index is 579. The summed E-state index contributed by atoms with van der Waals surface area (Å²) >= 11 is 0. The van der Waals surface area contributed by atoms with Crippen LogP contribution >= 0.6 is 0 Å². The van der Waals surface area contributed by atoms with Crippen LogP contribution in [0.1, 0.15) is 25.8 Å². The molecule has 20 heavy (non-hydrogen) atoms. The third-order valence-corrected chi connectivity index (χ3v) is 2.52. The summed E-state index contributed by atoms with van der Waals surface area (Å²) in [5.41, 5.74) is -0.201. The number of nitrogens with zero attached hydrogens (tertiary/aromatic N) is 2. The van der Waals surface area contributed by atoms with Gasteiger partial charge in [-0.15, -0.1) is 0 Å². The molecule has 0 heterocycles. The summed E-state index contributed by atoms with van der Waals surface area (Å²) in [4.78, 5) is 0. The van der Waals surface area contributed by atoms with E-state index in [1.54, 1.807) is 12.1 Å². The van der Waals surface area contributed by atoms with Crippen LogP contribution < -0.4 is 4.74 Å². The molecule has 1 aromatic carbocycles. The van der Waals surface area contributed by atoms with E-state index in [9.17, 15) is 8.78 Å². The fourth-order valence-corrected chi connectivity index (χ4v) is 1.48. The Morgan fingerprint density at radius 2 is 1.95 bits per heavy atom. The van der Waals surface area contributed by atoms with Crippen molar-refractivity contribution in [1.82, 2.24) is 0 Å². The molecule has 0 bridgehead atoms. The molecule has 5 heteroatoms. The Morgan fingerprint density at radius 3 is 2.50 bits per heavy atom. The van der Waals surface area contributed by atoms with E-state index in [1.165, 1.54) is 0 Å². The van der Waals surface area contributed by atoms with Gasteiger partial charge in [0.1, 0.15) is 23.5 Å². The lowest BCUT2D eigenvalue weighted by Gasteiger charge is -2.11. The Balaban J connectivity index is 3.12. The Labute approximate surface area is 116 Å². The molecule has 0 spiro atoms. The highest BCUT2D eigenvalue weighted by atomic mass is 19.1. The molecule has 0 amide bonds. The van der Waals surface area contributed by atoms with Gasteiger partial charge in [-0.1, -0.05) is 13.8 Å². The molecular formula is C15H14F2N2O. The Hall–Kier alpha value is -2.40. The molecule has 0 saturated heterocycles. The minimum Gasteiger partial charge on any atom is -0.490 e. The van der Waals surface area contributed by atoms with Gasteiger partial charge in [-0.3, -0.25) is 0 Å². The van der Waals surface area contributed by atoms with Gasteiger partial charge in [-0.25, -0.2) is 8.78 Å². The van der Waals surface area contributed by atoms with Crippen molar-refractivity contribution >= 4 is 6.08 Å². The molecule has 0 N–H and O–H groups in total. The third kappa shape index (κ3) is 4.37. The zero-order valence-electron chi connectivity index (χ0n) is 11.3. The molecule has 0 unspecified atom stereocenters. The van der Waals surface area contributed by atoms with Gasteiger partial charge in [0.2, 0.25) is 0 Å². The van der Waals surface area contributed by atoms with Crippen LogP contribution in [0.4, 0.5) is 8.78 Å². The first-order valence-electron chi connectivity index (χ1n) is 6.11. The first kappa shape index (κ1) is 15.7. The van der Waals surface area contributed by atoms with Crippen LogP contribution in [-0.2, 0) is 0 Å². The van der Waals surface area contributed by atoms with Crippen molar-refractivity contribution in [3.8, 4) is 17.9 Å². The van der Waals surface area contributed by atoms with Crippen molar-refractivity contribution < 1.29 is 13.5 Å². The fourth-order valence-electron chi connectivity index (χ4n) is 1.48. The molecule has 0 fully saturated rings. The van der Waals surface area contributed by atoms with Crippen LogP contribution in [0.5, 0.6) is 5.75 Å². The van der Waals surface area contributed by atoms with Crippen molar-refractivity contribution in [2.24, 2.45) is 5.92 Å². The molecule has 0 radical (unpaired) electrons. The standard InChI is InChI=1S/C15H14F2N2O/c1-10(2)3-4-20-15-12(5-11(8-18)9-19)6-13(16)7-14(15)17/h5-7,10H,3-4H2,1-2H3. The average molecular weight is 276 g/mol. The maximum absolute atomic E-state index is 13.7. The minimum atomic E-state index is -0.852. The summed E-state index contributed by atoms with van der Waals surface area (Å²) < 4.78 is 32.3. The molecule has 0 aromatic heterocycles. The van der Waals surface area contributed by atoms with Gasteiger partial charge in [0.25, 0.3) is 0 Å². The largest absolute Gasteiger partial charge is 0.490 e. The molecule has 104 valence electrons. The molecule has 0 aliphatic carbocycles. The second kappa shape index (κ2) is 7.25. The van der Waals surface area contributed by atoms with Crippen molar-refractivity contribution in [2.45, 2.75) is 20.3 Å². The highest BCUT2D eigenvalue weighted by Crippen LogP contribution is 2.27. The molecule has 0 saturated carbocycles. The van der Waals surface area contributed by atoms with Gasteiger partial charge >= 0.3 is 0 Å². The minimum absolute atomic E-state index is 0.0457. The monoisotopic (exact) mass is 276 g/mol. The number of allylic oxidation sites excluding steroid dienone is 1. The van der Waals surface area contributed by atoms with Gasteiger partial charge in [-0.2, -0.15) is 10.5 Å². The van der Waals surface area contributed by atoms with Crippen LogP contribution in [0.2, 0.25) is 0 Å². The summed E-state index contributed by atoms with van der Waals surface area (Å²) in [6.07, 6.45) is 1.82. The molecule has 1 rings (SSSR count). The Morgan fingerprint density at radius 1 is 1.30 bits per heavy atom. The molecule has 0 aliphatic heterocycles. The molecule has 3 nitrogen and oxygen atoms in total. The predicted octanol–water partition coefficient (Wildman–Crippen LogP) is 3.82. The smallest absolute Gasteiger partial charge is 0.168 e. The molecule has 0 aliphatic rings. The van der Waals surface area contributed by atoms with Gasteiger partial charge in [0, 0.05) is 11.6 Å². The fraction of sp³-hybridized carbons (Fsp3) is 0.333. The lowest BCUT2D eigenvalue weighted by atomic mass is 10.1. The van der Waals surface area contributed by atoms with Crippen LogP contribution in [-0.4, -0.2) is 6.61 Å². The van der Waals surface area contributed by atoms with Crippen LogP contribution in [0.3, 0.4) is 0 Å². The number of nitriles is 2. The molecular weight excluding hydrogens is 262 g/mol. The summed E-state index contributed by atoms with van der Waals surface area (Å²) in [7, 11) is 0.